The van der Waals surface area contributed by atoms with Gasteiger partial charge in [-0.15, -0.1) is 11.3 Å². The van der Waals surface area contributed by atoms with E-state index in [1.165, 1.54) is 9.75 Å². The molecule has 0 aliphatic carbocycles. The molecule has 2 aromatic heterocycles. The monoisotopic (exact) mass is 222 g/mol. The minimum atomic E-state index is 0.0364. The van der Waals surface area contributed by atoms with Gasteiger partial charge in [0.05, 0.1) is 30.9 Å². The summed E-state index contributed by atoms with van der Waals surface area (Å²) in [5.41, 5.74) is 0.855. The van der Waals surface area contributed by atoms with Crippen molar-refractivity contribution in [2.24, 2.45) is 0 Å². The maximum Gasteiger partial charge on any atom is 0.0954 e. The smallest absolute Gasteiger partial charge is 0.0954 e. The van der Waals surface area contributed by atoms with Crippen LogP contribution in [0.4, 0.5) is 0 Å². The number of thiophene rings is 1. The lowest BCUT2D eigenvalue weighted by molar-refractivity contribution is 0.269. The second-order valence-electron chi connectivity index (χ2n) is 3.57. The molecule has 2 rings (SSSR count). The lowest BCUT2D eigenvalue weighted by Crippen LogP contribution is -2.07. The first kappa shape index (κ1) is 10.4. The van der Waals surface area contributed by atoms with Crippen LogP contribution in [0, 0.1) is 6.92 Å². The molecule has 0 radical (unpaired) electrons. The van der Waals surface area contributed by atoms with Crippen molar-refractivity contribution in [3.05, 3.63) is 40.1 Å². The van der Waals surface area contributed by atoms with Crippen LogP contribution in [0.15, 0.2) is 24.7 Å². The van der Waals surface area contributed by atoms with Crippen LogP contribution in [0.3, 0.4) is 0 Å². The number of rotatable bonds is 3. The van der Waals surface area contributed by atoms with E-state index in [-0.39, 0.29) is 12.6 Å². The largest absolute Gasteiger partial charge is 0.390 e. The van der Waals surface area contributed by atoms with Gasteiger partial charge < -0.3 is 9.67 Å². The maximum absolute atomic E-state index is 9.15. The van der Waals surface area contributed by atoms with Gasteiger partial charge >= 0.3 is 0 Å². The highest BCUT2D eigenvalue weighted by Crippen LogP contribution is 2.26. The van der Waals surface area contributed by atoms with Crippen LogP contribution in [0.2, 0.25) is 0 Å². The Kier molecular flexibility index (Phi) is 2.88. The molecule has 1 unspecified atom stereocenters. The van der Waals surface area contributed by atoms with E-state index in [0.29, 0.717) is 0 Å². The Morgan fingerprint density at radius 3 is 2.93 bits per heavy atom. The fourth-order valence-corrected chi connectivity index (χ4v) is 2.55. The summed E-state index contributed by atoms with van der Waals surface area (Å²) in [6.45, 7) is 4.25. The second-order valence-corrected chi connectivity index (χ2v) is 4.89. The van der Waals surface area contributed by atoms with Crippen molar-refractivity contribution in [2.75, 3.05) is 0 Å². The minimum absolute atomic E-state index is 0.0364. The molecular formula is C11H14N2OS. The summed E-state index contributed by atoms with van der Waals surface area (Å²) in [4.78, 5) is 6.65. The fourth-order valence-electron chi connectivity index (χ4n) is 1.62. The molecule has 1 N–H and O–H groups in total. The van der Waals surface area contributed by atoms with Crippen molar-refractivity contribution in [1.82, 2.24) is 9.55 Å². The van der Waals surface area contributed by atoms with Crippen molar-refractivity contribution in [1.29, 1.82) is 0 Å². The van der Waals surface area contributed by atoms with E-state index in [9.17, 15) is 0 Å². The van der Waals surface area contributed by atoms with Gasteiger partial charge in [0, 0.05) is 9.75 Å². The molecule has 80 valence electrons. The fraction of sp³-hybridized carbons (Fsp3) is 0.364. The lowest BCUT2D eigenvalue weighted by atomic mass is 10.2. The Hall–Kier alpha value is -1.13. The number of aliphatic hydroxyl groups excluding tert-OH is 1. The highest BCUT2D eigenvalue weighted by atomic mass is 32.1. The Balaban J connectivity index is 2.31. The van der Waals surface area contributed by atoms with E-state index in [1.807, 2.05) is 4.57 Å². The lowest BCUT2D eigenvalue weighted by Gasteiger charge is -2.13. The molecule has 0 amide bonds. The summed E-state index contributed by atoms with van der Waals surface area (Å²) in [5, 5.41) is 9.15. The van der Waals surface area contributed by atoms with E-state index in [2.05, 4.69) is 31.0 Å². The molecule has 1 atom stereocenters. The van der Waals surface area contributed by atoms with Gasteiger partial charge in [-0.05, 0) is 26.0 Å². The normalized spacial score (nSPS) is 13.0. The topological polar surface area (TPSA) is 38.0 Å². The van der Waals surface area contributed by atoms with Gasteiger partial charge in [0.1, 0.15) is 0 Å². The molecule has 2 heterocycles. The van der Waals surface area contributed by atoms with Crippen molar-refractivity contribution < 1.29 is 5.11 Å². The standard InChI is InChI=1S/C11H14N2OS/c1-8-3-4-11(15-8)9(2)13-7-12-5-10(13)6-14/h3-5,7,9,14H,6H2,1-2H3. The third-order valence-corrected chi connectivity index (χ3v) is 3.67. The molecule has 0 bridgehead atoms. The Labute approximate surface area is 93.0 Å². The van der Waals surface area contributed by atoms with Gasteiger partial charge in [-0.1, -0.05) is 0 Å². The maximum atomic E-state index is 9.15. The SMILES string of the molecule is Cc1ccc(C(C)n2cncc2CO)s1. The number of hydrogen-bond donors (Lipinski definition) is 1. The van der Waals surface area contributed by atoms with Crippen LogP contribution in [0.5, 0.6) is 0 Å². The first-order chi connectivity index (χ1) is 7.22. The molecule has 3 nitrogen and oxygen atoms in total. The highest BCUT2D eigenvalue weighted by Gasteiger charge is 2.12. The van der Waals surface area contributed by atoms with Crippen molar-refractivity contribution in [3.63, 3.8) is 0 Å². The number of aliphatic hydroxyl groups is 1. The molecule has 0 saturated carbocycles. The summed E-state index contributed by atoms with van der Waals surface area (Å²) >= 11 is 1.78. The Morgan fingerprint density at radius 2 is 2.33 bits per heavy atom. The van der Waals surface area contributed by atoms with E-state index < -0.39 is 0 Å². The van der Waals surface area contributed by atoms with Crippen LogP contribution >= 0.6 is 11.3 Å². The molecule has 0 spiro atoms. The third-order valence-electron chi connectivity index (χ3n) is 2.50. The first-order valence-corrected chi connectivity index (χ1v) is 5.72. The summed E-state index contributed by atoms with van der Waals surface area (Å²) in [7, 11) is 0. The number of hydrogen-bond acceptors (Lipinski definition) is 3. The summed E-state index contributed by atoms with van der Waals surface area (Å²) in [6.07, 6.45) is 3.47. The predicted molar refractivity (Wildman–Crippen MR) is 61.0 cm³/mol. The quantitative estimate of drug-likeness (QED) is 0.865. The first-order valence-electron chi connectivity index (χ1n) is 4.90. The number of nitrogens with zero attached hydrogens (tertiary/aromatic N) is 2. The number of imidazole rings is 1. The second kappa shape index (κ2) is 4.16. The molecular weight excluding hydrogens is 208 g/mol. The van der Waals surface area contributed by atoms with Crippen molar-refractivity contribution in [2.45, 2.75) is 26.5 Å². The van der Waals surface area contributed by atoms with Crippen LogP contribution in [0.25, 0.3) is 0 Å². The molecule has 0 aliphatic heterocycles. The predicted octanol–water partition coefficient (Wildman–Crippen LogP) is 2.35. The molecule has 15 heavy (non-hydrogen) atoms. The molecule has 0 aromatic carbocycles. The average Bonchev–Trinajstić information content (AvgIpc) is 2.84. The molecule has 0 fully saturated rings. The van der Waals surface area contributed by atoms with Crippen LogP contribution in [-0.2, 0) is 6.61 Å². The Bertz CT molecular complexity index is 447. The summed E-state index contributed by atoms with van der Waals surface area (Å²) < 4.78 is 2.01. The van der Waals surface area contributed by atoms with Gasteiger partial charge in [-0.2, -0.15) is 0 Å². The van der Waals surface area contributed by atoms with Crippen LogP contribution in [0.1, 0.15) is 28.4 Å². The van der Waals surface area contributed by atoms with E-state index in [1.54, 1.807) is 23.9 Å². The van der Waals surface area contributed by atoms with E-state index in [0.717, 1.165) is 5.69 Å². The molecule has 0 saturated heterocycles. The van der Waals surface area contributed by atoms with Gasteiger partial charge in [0.2, 0.25) is 0 Å². The summed E-state index contributed by atoms with van der Waals surface area (Å²) in [5.74, 6) is 0. The summed E-state index contributed by atoms with van der Waals surface area (Å²) in [6, 6.07) is 4.49. The zero-order chi connectivity index (χ0) is 10.8. The average molecular weight is 222 g/mol. The zero-order valence-electron chi connectivity index (χ0n) is 8.84. The van der Waals surface area contributed by atoms with Gasteiger partial charge in [-0.25, -0.2) is 4.98 Å². The van der Waals surface area contributed by atoms with Crippen LogP contribution in [-0.4, -0.2) is 14.7 Å². The third kappa shape index (κ3) is 1.96. The van der Waals surface area contributed by atoms with Crippen LogP contribution < -0.4 is 0 Å². The van der Waals surface area contributed by atoms with Gasteiger partial charge in [0.25, 0.3) is 0 Å². The number of aryl methyl sites for hydroxylation is 1. The van der Waals surface area contributed by atoms with E-state index in [4.69, 9.17) is 5.11 Å². The number of aromatic nitrogens is 2. The highest BCUT2D eigenvalue weighted by molar-refractivity contribution is 7.12. The Morgan fingerprint density at radius 1 is 1.53 bits per heavy atom. The minimum Gasteiger partial charge on any atom is -0.390 e. The van der Waals surface area contributed by atoms with Crippen molar-refractivity contribution in [3.8, 4) is 0 Å². The molecule has 0 aliphatic rings. The zero-order valence-corrected chi connectivity index (χ0v) is 9.66. The van der Waals surface area contributed by atoms with E-state index >= 15 is 0 Å². The van der Waals surface area contributed by atoms with Gasteiger partial charge in [0.15, 0.2) is 0 Å². The molecule has 2 aromatic rings. The van der Waals surface area contributed by atoms with Gasteiger partial charge in [-0.3, -0.25) is 0 Å². The molecule has 4 heteroatoms. The van der Waals surface area contributed by atoms with Crippen molar-refractivity contribution >= 4 is 11.3 Å².